The molecule has 0 unspecified atom stereocenters. The molecule has 0 aromatic rings. The molecule has 0 rings (SSSR count). The molecule has 0 aromatic heterocycles. The van der Waals surface area contributed by atoms with Crippen LogP contribution in [-0.4, -0.2) is 97.2 Å². The van der Waals surface area contributed by atoms with E-state index in [1.807, 2.05) is 0 Å². The predicted molar refractivity (Wildman–Crippen MR) is 58.2 cm³/mol. The van der Waals surface area contributed by atoms with Crippen LogP contribution in [-0.2, 0) is 9.53 Å². The second-order valence-electron chi connectivity index (χ2n) is 4.56. The molecule has 0 aromatic carbocycles. The molecule has 0 atom stereocenters. The van der Waals surface area contributed by atoms with Gasteiger partial charge in [-0.15, -0.1) is 0 Å². The molecule has 2 N–H and O–H groups in total. The standard InChI is InChI=1S/C9H17NO4.Cs.H/c1-8(2,3)14-7(13)10-9(4,5)6(11)12;;/h1-5H3,(H,10,13)(H,11,12);;. The monoisotopic (exact) mass is 337 g/mol. The van der Waals surface area contributed by atoms with Crippen molar-refractivity contribution in [1.29, 1.82) is 0 Å². The number of nitrogens with one attached hydrogen (secondary N) is 1. The second-order valence-corrected chi connectivity index (χ2v) is 4.56. The van der Waals surface area contributed by atoms with Crippen molar-refractivity contribution in [3.8, 4) is 0 Å². The van der Waals surface area contributed by atoms with Crippen LogP contribution in [0.25, 0.3) is 0 Å². The Kier molecular flexibility index (Phi) is 7.88. The summed E-state index contributed by atoms with van der Waals surface area (Å²) >= 11 is 0. The average Bonchev–Trinajstić information content (AvgIpc) is 1.79. The number of alkyl carbamates (subject to hydrolysis) is 1. The molecule has 0 saturated carbocycles. The third kappa shape index (κ3) is 8.58. The van der Waals surface area contributed by atoms with E-state index in [1.54, 1.807) is 20.8 Å². The predicted octanol–water partition coefficient (Wildman–Crippen LogP) is 0.726. The third-order valence-electron chi connectivity index (χ3n) is 1.35. The fourth-order valence-corrected chi connectivity index (χ4v) is 0.612. The van der Waals surface area contributed by atoms with E-state index in [0.717, 1.165) is 0 Å². The van der Waals surface area contributed by atoms with Gasteiger partial charge < -0.3 is 15.2 Å². The molecular weight excluding hydrogens is 319 g/mol. The van der Waals surface area contributed by atoms with Crippen molar-refractivity contribution in [2.75, 3.05) is 0 Å². The van der Waals surface area contributed by atoms with E-state index in [9.17, 15) is 9.59 Å². The van der Waals surface area contributed by atoms with Crippen molar-refractivity contribution >= 4 is 81.0 Å². The Labute approximate surface area is 149 Å². The zero-order valence-corrected chi connectivity index (χ0v) is 9.17. The van der Waals surface area contributed by atoms with Gasteiger partial charge in [0.05, 0.1) is 0 Å². The molecule has 0 spiro atoms. The first-order valence-electron chi connectivity index (χ1n) is 4.29. The number of ether oxygens (including phenoxy) is 1. The number of carbonyl (C=O) groups excluding carboxylic acids is 1. The maximum absolute atomic E-state index is 11.2. The summed E-state index contributed by atoms with van der Waals surface area (Å²) in [6, 6.07) is 0. The summed E-state index contributed by atoms with van der Waals surface area (Å²) in [6.07, 6.45) is -0.732. The molecule has 5 nitrogen and oxygen atoms in total. The van der Waals surface area contributed by atoms with Gasteiger partial charge in [0.2, 0.25) is 0 Å². The van der Waals surface area contributed by atoms with Crippen LogP contribution >= 0.6 is 0 Å². The summed E-state index contributed by atoms with van der Waals surface area (Å²) < 4.78 is 4.91. The number of hydrogen-bond acceptors (Lipinski definition) is 3. The van der Waals surface area contributed by atoms with Crippen LogP contribution in [0.1, 0.15) is 34.6 Å². The Morgan fingerprint density at radius 1 is 1.13 bits per heavy atom. The number of amides is 1. The van der Waals surface area contributed by atoms with Crippen molar-refractivity contribution < 1.29 is 19.4 Å². The molecule has 0 fully saturated rings. The minimum atomic E-state index is -1.32. The molecule has 0 aliphatic heterocycles. The Balaban J connectivity index is 0. The molecule has 0 aliphatic rings. The number of aliphatic carboxylic acids is 1. The molecular formula is C9H18CsNO4. The Hall–Kier alpha value is 0.792. The summed E-state index contributed by atoms with van der Waals surface area (Å²) in [5.74, 6) is -1.11. The fraction of sp³-hybridized carbons (Fsp3) is 0.778. The first-order chi connectivity index (χ1) is 6.04. The molecule has 0 heterocycles. The van der Waals surface area contributed by atoms with Gasteiger partial charge in [-0.2, -0.15) is 0 Å². The van der Waals surface area contributed by atoms with Crippen LogP contribution in [0, 0.1) is 0 Å². The molecule has 84 valence electrons. The van der Waals surface area contributed by atoms with Crippen LogP contribution in [0.5, 0.6) is 0 Å². The van der Waals surface area contributed by atoms with E-state index in [4.69, 9.17) is 9.84 Å². The van der Waals surface area contributed by atoms with E-state index in [2.05, 4.69) is 5.32 Å². The maximum atomic E-state index is 11.2. The Morgan fingerprint density at radius 2 is 1.53 bits per heavy atom. The van der Waals surface area contributed by atoms with E-state index < -0.39 is 23.2 Å². The first-order valence-corrected chi connectivity index (χ1v) is 4.29. The number of carboxylic acids is 1. The van der Waals surface area contributed by atoms with E-state index >= 15 is 0 Å². The van der Waals surface area contributed by atoms with Gasteiger partial charge in [0.1, 0.15) is 11.1 Å². The molecule has 1 amide bonds. The number of carbonyl (C=O) groups is 2. The molecule has 0 bridgehead atoms. The molecule has 15 heavy (non-hydrogen) atoms. The van der Waals surface area contributed by atoms with Crippen molar-refractivity contribution in [3.63, 3.8) is 0 Å². The van der Waals surface area contributed by atoms with Gasteiger partial charge in [-0.25, -0.2) is 9.59 Å². The number of hydrogen-bond donors (Lipinski definition) is 2. The van der Waals surface area contributed by atoms with E-state index in [-0.39, 0.29) is 68.9 Å². The summed E-state index contributed by atoms with van der Waals surface area (Å²) in [6.45, 7) is 7.90. The zero-order valence-electron chi connectivity index (χ0n) is 9.17. The molecule has 0 radical (unpaired) electrons. The molecule has 0 saturated heterocycles. The van der Waals surface area contributed by atoms with Crippen LogP contribution < -0.4 is 5.32 Å². The molecule has 6 heteroatoms. The quantitative estimate of drug-likeness (QED) is 0.779. The summed E-state index contributed by atoms with van der Waals surface area (Å²) in [7, 11) is 0. The van der Waals surface area contributed by atoms with Crippen LogP contribution in [0.15, 0.2) is 0 Å². The minimum absolute atomic E-state index is 0. The Morgan fingerprint density at radius 3 is 1.80 bits per heavy atom. The van der Waals surface area contributed by atoms with Crippen LogP contribution in [0.4, 0.5) is 4.79 Å². The average molecular weight is 337 g/mol. The number of carboxylic acid groups (broad SMARTS) is 1. The SMILES string of the molecule is CC(C)(C)OC(=O)NC(C)(C)C(=O)O.[CsH]. The van der Waals surface area contributed by atoms with Gasteiger partial charge in [0.25, 0.3) is 0 Å². The van der Waals surface area contributed by atoms with Crippen LogP contribution in [0.3, 0.4) is 0 Å². The Bertz CT molecular complexity index is 245. The third-order valence-corrected chi connectivity index (χ3v) is 1.35. The van der Waals surface area contributed by atoms with Gasteiger partial charge in [-0.3, -0.25) is 0 Å². The van der Waals surface area contributed by atoms with Gasteiger partial charge >= 0.3 is 81.0 Å². The normalized spacial score (nSPS) is 11.3. The van der Waals surface area contributed by atoms with Gasteiger partial charge in [-0.1, -0.05) is 0 Å². The summed E-state index contributed by atoms with van der Waals surface area (Å²) in [5, 5.41) is 11.0. The van der Waals surface area contributed by atoms with Crippen molar-refractivity contribution in [1.82, 2.24) is 5.32 Å². The van der Waals surface area contributed by atoms with Crippen molar-refractivity contribution in [2.45, 2.75) is 45.8 Å². The summed E-state index contributed by atoms with van der Waals surface area (Å²) in [5.41, 5.74) is -1.94. The van der Waals surface area contributed by atoms with Crippen molar-refractivity contribution in [3.05, 3.63) is 0 Å². The van der Waals surface area contributed by atoms with E-state index in [1.165, 1.54) is 13.8 Å². The van der Waals surface area contributed by atoms with Gasteiger partial charge in [0, 0.05) is 0 Å². The first kappa shape index (κ1) is 18.2. The van der Waals surface area contributed by atoms with Crippen LogP contribution in [0.2, 0.25) is 0 Å². The van der Waals surface area contributed by atoms with E-state index in [0.29, 0.717) is 0 Å². The topological polar surface area (TPSA) is 75.6 Å². The second kappa shape index (κ2) is 6.51. The van der Waals surface area contributed by atoms with Gasteiger partial charge in [-0.05, 0) is 34.6 Å². The van der Waals surface area contributed by atoms with Gasteiger partial charge in [0.15, 0.2) is 0 Å². The van der Waals surface area contributed by atoms with Crippen molar-refractivity contribution in [2.24, 2.45) is 0 Å². The fourth-order valence-electron chi connectivity index (χ4n) is 0.612. The number of rotatable bonds is 2. The zero-order chi connectivity index (χ0) is 11.6. The molecule has 0 aliphatic carbocycles. The summed E-state index contributed by atoms with van der Waals surface area (Å²) in [4.78, 5) is 21.8.